The second kappa shape index (κ2) is 8.03. The minimum absolute atomic E-state index is 0.0613. The lowest BCUT2D eigenvalue weighted by atomic mass is 10.1. The predicted molar refractivity (Wildman–Crippen MR) is 92.5 cm³/mol. The first-order valence-corrected chi connectivity index (χ1v) is 8.03. The molecule has 2 aromatic rings. The number of nitro groups is 1. The third kappa shape index (κ3) is 4.87. The molecule has 1 unspecified atom stereocenters. The van der Waals surface area contributed by atoms with E-state index in [-0.39, 0.29) is 11.8 Å². The van der Waals surface area contributed by atoms with Crippen molar-refractivity contribution >= 4 is 5.69 Å². The fraction of sp³-hybridized carbons (Fsp3) is 0.471. The lowest BCUT2D eigenvalue weighted by Crippen LogP contribution is -2.27. The summed E-state index contributed by atoms with van der Waals surface area (Å²) in [6.07, 6.45) is 2.30. The maximum atomic E-state index is 10.8. The largest absolute Gasteiger partial charge is 0.392 e. The van der Waals surface area contributed by atoms with Crippen molar-refractivity contribution in [2.75, 3.05) is 6.54 Å². The van der Waals surface area contributed by atoms with E-state index < -0.39 is 4.92 Å². The summed E-state index contributed by atoms with van der Waals surface area (Å²) in [5.41, 5.74) is 2.67. The molecule has 7 nitrogen and oxygen atoms in total. The Balaban J connectivity index is 2.05. The van der Waals surface area contributed by atoms with E-state index in [1.165, 1.54) is 12.1 Å². The first-order chi connectivity index (χ1) is 11.4. The highest BCUT2D eigenvalue weighted by Crippen LogP contribution is 2.24. The highest BCUT2D eigenvalue weighted by Gasteiger charge is 2.13. The Morgan fingerprint density at radius 2 is 2.00 bits per heavy atom. The molecule has 1 aromatic carbocycles. The molecule has 130 valence electrons. The average molecular weight is 332 g/mol. The maximum absolute atomic E-state index is 10.8. The number of non-ortho nitro benzene ring substituents is 1. The molecule has 0 aliphatic carbocycles. The van der Waals surface area contributed by atoms with Crippen molar-refractivity contribution in [3.8, 4) is 11.3 Å². The molecule has 0 saturated heterocycles. The number of nitrogens with one attached hydrogen (secondary N) is 1. The molecule has 0 amide bonds. The number of hydrogen-bond donors (Lipinski definition) is 2. The molecule has 0 saturated carbocycles. The number of rotatable bonds is 8. The predicted octanol–water partition coefficient (Wildman–Crippen LogP) is 2.49. The number of aromatic nitrogens is 2. The summed E-state index contributed by atoms with van der Waals surface area (Å²) in [5.74, 6) is 0.455. The zero-order valence-electron chi connectivity index (χ0n) is 14.3. The van der Waals surface area contributed by atoms with Gasteiger partial charge >= 0.3 is 0 Å². The molecule has 2 rings (SSSR count). The first kappa shape index (κ1) is 18.1. The highest BCUT2D eigenvalue weighted by atomic mass is 16.6. The van der Waals surface area contributed by atoms with E-state index in [1.54, 1.807) is 16.8 Å². The van der Waals surface area contributed by atoms with Gasteiger partial charge in [-0.15, -0.1) is 0 Å². The van der Waals surface area contributed by atoms with Crippen LogP contribution in [0, 0.1) is 16.0 Å². The van der Waals surface area contributed by atoms with Crippen LogP contribution in [0.15, 0.2) is 30.5 Å². The van der Waals surface area contributed by atoms with Crippen LogP contribution in [0.1, 0.15) is 25.8 Å². The smallest absolute Gasteiger partial charge is 0.269 e. The summed E-state index contributed by atoms with van der Waals surface area (Å²) in [6, 6.07) is 6.37. The van der Waals surface area contributed by atoms with Crippen LogP contribution in [-0.2, 0) is 13.6 Å². The van der Waals surface area contributed by atoms with E-state index in [0.717, 1.165) is 23.2 Å². The quantitative estimate of drug-likeness (QED) is 0.572. The second-order valence-corrected chi connectivity index (χ2v) is 6.39. The number of aliphatic hydroxyl groups is 1. The van der Waals surface area contributed by atoms with Crippen molar-refractivity contribution in [1.29, 1.82) is 0 Å². The summed E-state index contributed by atoms with van der Waals surface area (Å²) in [5, 5.41) is 28.4. The van der Waals surface area contributed by atoms with Crippen LogP contribution in [0.3, 0.4) is 0 Å². The van der Waals surface area contributed by atoms with Gasteiger partial charge in [0.1, 0.15) is 0 Å². The number of hydrogen-bond acceptors (Lipinski definition) is 5. The maximum Gasteiger partial charge on any atom is 0.269 e. The van der Waals surface area contributed by atoms with Crippen molar-refractivity contribution in [1.82, 2.24) is 15.1 Å². The van der Waals surface area contributed by atoms with E-state index in [1.807, 2.05) is 13.2 Å². The molecule has 0 bridgehead atoms. The van der Waals surface area contributed by atoms with Gasteiger partial charge in [0.2, 0.25) is 0 Å². The number of benzene rings is 1. The molecule has 24 heavy (non-hydrogen) atoms. The molecule has 0 aliphatic rings. The summed E-state index contributed by atoms with van der Waals surface area (Å²) in [7, 11) is 1.84. The molecule has 1 heterocycles. The molecule has 1 aromatic heterocycles. The Bertz CT molecular complexity index is 680. The van der Waals surface area contributed by atoms with Crippen LogP contribution in [0.5, 0.6) is 0 Å². The van der Waals surface area contributed by atoms with E-state index in [4.69, 9.17) is 0 Å². The van der Waals surface area contributed by atoms with Gasteiger partial charge in [0.25, 0.3) is 5.69 Å². The van der Waals surface area contributed by atoms with E-state index in [0.29, 0.717) is 19.0 Å². The fourth-order valence-electron chi connectivity index (χ4n) is 2.65. The Labute approximate surface area is 141 Å². The zero-order chi connectivity index (χ0) is 17.7. The third-order valence-electron chi connectivity index (χ3n) is 3.70. The molecule has 7 heteroatoms. The van der Waals surface area contributed by atoms with Gasteiger partial charge < -0.3 is 10.4 Å². The van der Waals surface area contributed by atoms with Crippen LogP contribution >= 0.6 is 0 Å². The van der Waals surface area contributed by atoms with Crippen molar-refractivity contribution in [3.05, 3.63) is 46.1 Å². The van der Waals surface area contributed by atoms with Crippen LogP contribution < -0.4 is 5.32 Å². The van der Waals surface area contributed by atoms with Gasteiger partial charge in [-0.1, -0.05) is 13.8 Å². The van der Waals surface area contributed by atoms with E-state index in [2.05, 4.69) is 24.3 Å². The van der Waals surface area contributed by atoms with Gasteiger partial charge in [-0.2, -0.15) is 5.10 Å². The fourth-order valence-corrected chi connectivity index (χ4v) is 2.65. The first-order valence-electron chi connectivity index (χ1n) is 8.03. The molecule has 0 fully saturated rings. The van der Waals surface area contributed by atoms with Crippen molar-refractivity contribution in [2.24, 2.45) is 13.0 Å². The Hall–Kier alpha value is -2.25. The molecule has 1 atom stereocenters. The SMILES string of the molecule is CC(C)CC(O)CNCc1cn(C)nc1-c1ccc([N+](=O)[O-])cc1. The van der Waals surface area contributed by atoms with Crippen LogP contribution in [0.2, 0.25) is 0 Å². The van der Waals surface area contributed by atoms with Crippen LogP contribution in [-0.4, -0.2) is 32.5 Å². The molecular weight excluding hydrogens is 308 g/mol. The monoisotopic (exact) mass is 332 g/mol. The summed E-state index contributed by atoms with van der Waals surface area (Å²) < 4.78 is 1.72. The normalized spacial score (nSPS) is 12.5. The molecule has 0 radical (unpaired) electrons. The highest BCUT2D eigenvalue weighted by molar-refractivity contribution is 5.64. The summed E-state index contributed by atoms with van der Waals surface area (Å²) in [6.45, 7) is 5.26. The van der Waals surface area contributed by atoms with Crippen LogP contribution in [0.4, 0.5) is 5.69 Å². The van der Waals surface area contributed by atoms with Gasteiger partial charge in [0.15, 0.2) is 0 Å². The van der Waals surface area contributed by atoms with Crippen LogP contribution in [0.25, 0.3) is 11.3 Å². The van der Waals surface area contributed by atoms with Crippen molar-refractivity contribution in [3.63, 3.8) is 0 Å². The number of aliphatic hydroxyl groups excluding tert-OH is 1. The minimum Gasteiger partial charge on any atom is -0.392 e. The standard InChI is InChI=1S/C17H24N4O3/c1-12(2)8-16(22)10-18-9-14-11-20(3)19-17(14)13-4-6-15(7-5-13)21(23)24/h4-7,11-12,16,18,22H,8-10H2,1-3H3. The summed E-state index contributed by atoms with van der Waals surface area (Å²) >= 11 is 0. The Morgan fingerprint density at radius 3 is 2.58 bits per heavy atom. The van der Waals surface area contributed by atoms with Gasteiger partial charge in [-0.25, -0.2) is 0 Å². The number of aryl methyl sites for hydroxylation is 1. The molecule has 0 aliphatic heterocycles. The molecule has 0 spiro atoms. The molecule has 2 N–H and O–H groups in total. The lowest BCUT2D eigenvalue weighted by molar-refractivity contribution is -0.384. The van der Waals surface area contributed by atoms with Crippen molar-refractivity contribution in [2.45, 2.75) is 32.9 Å². The van der Waals surface area contributed by atoms with E-state index >= 15 is 0 Å². The second-order valence-electron chi connectivity index (χ2n) is 6.39. The van der Waals surface area contributed by atoms with Crippen molar-refractivity contribution < 1.29 is 10.0 Å². The van der Waals surface area contributed by atoms with Gasteiger partial charge in [0, 0.05) is 49.6 Å². The topological polar surface area (TPSA) is 93.2 Å². The minimum atomic E-state index is -0.416. The number of nitro benzene ring substituents is 1. The lowest BCUT2D eigenvalue weighted by Gasteiger charge is -2.13. The van der Waals surface area contributed by atoms with Gasteiger partial charge in [-0.05, 0) is 24.5 Å². The van der Waals surface area contributed by atoms with Gasteiger partial charge in [0.05, 0.1) is 16.7 Å². The van der Waals surface area contributed by atoms with Gasteiger partial charge in [-0.3, -0.25) is 14.8 Å². The Kier molecular flexibility index (Phi) is 6.05. The number of nitrogens with zero attached hydrogens (tertiary/aromatic N) is 3. The molecular formula is C17H24N4O3. The van der Waals surface area contributed by atoms with E-state index in [9.17, 15) is 15.2 Å². The summed E-state index contributed by atoms with van der Waals surface area (Å²) in [4.78, 5) is 10.3. The third-order valence-corrected chi connectivity index (χ3v) is 3.70. The average Bonchev–Trinajstić information content (AvgIpc) is 2.87. The zero-order valence-corrected chi connectivity index (χ0v) is 14.3. The Morgan fingerprint density at radius 1 is 1.33 bits per heavy atom.